The monoisotopic (exact) mass is 361 g/mol. The van der Waals surface area contributed by atoms with Crippen LogP contribution in [0.5, 0.6) is 0 Å². The van der Waals surface area contributed by atoms with E-state index in [2.05, 4.69) is 0 Å². The number of nitrogens with zero attached hydrogens (tertiary/aromatic N) is 1. The van der Waals surface area contributed by atoms with Crippen LogP contribution in [0, 0.1) is 0 Å². The average Bonchev–Trinajstić information content (AvgIpc) is 2.90. The topological polar surface area (TPSA) is 37.4 Å². The van der Waals surface area contributed by atoms with Gasteiger partial charge in [-0.1, -0.05) is 43.7 Å². The Morgan fingerprint density at radius 2 is 1.65 bits per heavy atom. The summed E-state index contributed by atoms with van der Waals surface area (Å²) in [7, 11) is 0. The number of fused-ring (bicyclic) bond motifs is 3. The fourth-order valence-corrected chi connectivity index (χ4v) is 3.16. The van der Waals surface area contributed by atoms with E-state index in [1.807, 2.05) is 19.1 Å². The predicted molar refractivity (Wildman–Crippen MR) is 92.2 cm³/mol. The van der Waals surface area contributed by atoms with Crippen LogP contribution >= 0.6 is 0 Å². The van der Waals surface area contributed by atoms with Crippen molar-refractivity contribution in [2.24, 2.45) is 0 Å². The molecule has 1 aliphatic rings. The number of carbonyl (C=O) groups excluding carboxylic acids is 2. The molecule has 0 unspecified atom stereocenters. The first-order valence-corrected chi connectivity index (χ1v) is 8.46. The van der Waals surface area contributed by atoms with E-state index in [1.165, 1.54) is 12.1 Å². The number of carbonyl (C=O) groups is 2. The molecule has 2 aromatic rings. The number of unbranched alkanes of at least 4 members (excludes halogenated alkanes) is 1. The van der Waals surface area contributed by atoms with Gasteiger partial charge < -0.3 is 4.90 Å². The largest absolute Gasteiger partial charge is 0.406 e. The Kier molecular flexibility index (Phi) is 4.85. The van der Waals surface area contributed by atoms with E-state index in [-0.39, 0.29) is 17.9 Å². The summed E-state index contributed by atoms with van der Waals surface area (Å²) >= 11 is 0. The molecular weight excluding hydrogens is 343 g/mol. The Morgan fingerprint density at radius 3 is 2.31 bits per heavy atom. The molecule has 0 spiro atoms. The highest BCUT2D eigenvalue weighted by molar-refractivity contribution is 6.22. The SMILES string of the molecule is CCCCN(CC(F)(F)F)C(=O)c1ccc2c(c1)C(=O)c1ccccc1-2. The number of rotatable bonds is 5. The highest BCUT2D eigenvalue weighted by Gasteiger charge is 2.34. The molecule has 26 heavy (non-hydrogen) atoms. The van der Waals surface area contributed by atoms with E-state index in [1.54, 1.807) is 18.2 Å². The molecule has 0 aliphatic heterocycles. The van der Waals surface area contributed by atoms with E-state index in [0.29, 0.717) is 29.5 Å². The lowest BCUT2D eigenvalue weighted by Crippen LogP contribution is -2.39. The predicted octanol–water partition coefficient (Wildman–Crippen LogP) is 4.70. The molecule has 6 heteroatoms. The summed E-state index contributed by atoms with van der Waals surface area (Å²) in [6.45, 7) is 0.582. The normalized spacial score (nSPS) is 12.7. The van der Waals surface area contributed by atoms with Gasteiger partial charge in [0.2, 0.25) is 0 Å². The summed E-state index contributed by atoms with van der Waals surface area (Å²) in [5.41, 5.74) is 2.50. The van der Waals surface area contributed by atoms with Gasteiger partial charge in [0, 0.05) is 23.2 Å². The van der Waals surface area contributed by atoms with Crippen LogP contribution < -0.4 is 0 Å². The van der Waals surface area contributed by atoms with Crippen LogP contribution in [0.3, 0.4) is 0 Å². The second-order valence-electron chi connectivity index (χ2n) is 6.33. The van der Waals surface area contributed by atoms with Crippen molar-refractivity contribution in [3.63, 3.8) is 0 Å². The number of halogens is 3. The standard InChI is InChI=1S/C20H18F3NO2/c1-2-3-10-24(12-20(21,22)23)19(26)13-8-9-15-14-6-4-5-7-16(14)18(25)17(15)11-13/h4-9,11H,2-3,10,12H2,1H3. The van der Waals surface area contributed by atoms with Crippen molar-refractivity contribution in [3.8, 4) is 11.1 Å². The molecule has 3 nitrogen and oxygen atoms in total. The van der Waals surface area contributed by atoms with Gasteiger partial charge in [-0.05, 0) is 29.7 Å². The molecule has 0 N–H and O–H groups in total. The minimum absolute atomic E-state index is 0.0279. The Labute approximate surface area is 149 Å². The maximum atomic E-state index is 12.8. The Balaban J connectivity index is 1.92. The van der Waals surface area contributed by atoms with Crippen LogP contribution in [-0.4, -0.2) is 35.9 Å². The molecule has 0 saturated heterocycles. The first-order chi connectivity index (χ1) is 12.3. The van der Waals surface area contributed by atoms with Crippen LogP contribution in [0.15, 0.2) is 42.5 Å². The number of hydrogen-bond donors (Lipinski definition) is 0. The summed E-state index contributed by atoms with van der Waals surface area (Å²) < 4.78 is 38.5. The molecule has 0 fully saturated rings. The number of ketones is 1. The van der Waals surface area contributed by atoms with Gasteiger partial charge in [-0.2, -0.15) is 13.2 Å². The molecule has 0 radical (unpaired) electrons. The zero-order valence-corrected chi connectivity index (χ0v) is 14.3. The Bertz CT molecular complexity index is 858. The first kappa shape index (κ1) is 18.2. The number of benzene rings is 2. The van der Waals surface area contributed by atoms with Gasteiger partial charge in [-0.25, -0.2) is 0 Å². The summed E-state index contributed by atoms with van der Waals surface area (Å²) in [6, 6.07) is 11.6. The van der Waals surface area contributed by atoms with Crippen molar-refractivity contribution in [2.45, 2.75) is 25.9 Å². The van der Waals surface area contributed by atoms with Gasteiger partial charge in [0.15, 0.2) is 5.78 Å². The second kappa shape index (κ2) is 6.94. The van der Waals surface area contributed by atoms with E-state index >= 15 is 0 Å². The van der Waals surface area contributed by atoms with Crippen molar-refractivity contribution in [1.29, 1.82) is 0 Å². The zero-order chi connectivity index (χ0) is 18.9. The van der Waals surface area contributed by atoms with E-state index in [9.17, 15) is 22.8 Å². The molecular formula is C20H18F3NO2. The lowest BCUT2D eigenvalue weighted by atomic mass is 10.0. The van der Waals surface area contributed by atoms with Crippen LogP contribution in [0.4, 0.5) is 13.2 Å². The third-order valence-electron chi connectivity index (χ3n) is 4.41. The molecule has 0 saturated carbocycles. The quantitative estimate of drug-likeness (QED) is 0.660. The summed E-state index contributed by atoms with van der Waals surface area (Å²) in [6.07, 6.45) is -3.30. The lowest BCUT2D eigenvalue weighted by molar-refractivity contribution is -0.140. The summed E-state index contributed by atoms with van der Waals surface area (Å²) in [5.74, 6) is -0.913. The third kappa shape index (κ3) is 3.49. The number of hydrogen-bond acceptors (Lipinski definition) is 2. The number of amides is 1. The Hall–Kier alpha value is -2.63. The molecule has 0 heterocycles. The second-order valence-corrected chi connectivity index (χ2v) is 6.33. The van der Waals surface area contributed by atoms with E-state index < -0.39 is 18.6 Å². The van der Waals surface area contributed by atoms with E-state index in [0.717, 1.165) is 10.5 Å². The molecule has 1 aliphatic carbocycles. The smallest absolute Gasteiger partial charge is 0.330 e. The minimum Gasteiger partial charge on any atom is -0.330 e. The fourth-order valence-electron chi connectivity index (χ4n) is 3.16. The highest BCUT2D eigenvalue weighted by atomic mass is 19.4. The molecule has 0 bridgehead atoms. The first-order valence-electron chi connectivity index (χ1n) is 8.46. The molecule has 3 rings (SSSR count). The van der Waals surface area contributed by atoms with Crippen molar-refractivity contribution in [3.05, 3.63) is 59.2 Å². The fraction of sp³-hybridized carbons (Fsp3) is 0.300. The summed E-state index contributed by atoms with van der Waals surface area (Å²) in [4.78, 5) is 26.0. The van der Waals surface area contributed by atoms with Gasteiger partial charge in [-0.15, -0.1) is 0 Å². The zero-order valence-electron chi connectivity index (χ0n) is 14.3. The van der Waals surface area contributed by atoms with Crippen LogP contribution in [0.25, 0.3) is 11.1 Å². The Morgan fingerprint density at radius 1 is 1.00 bits per heavy atom. The molecule has 136 valence electrons. The van der Waals surface area contributed by atoms with Crippen molar-refractivity contribution in [2.75, 3.05) is 13.1 Å². The van der Waals surface area contributed by atoms with Gasteiger partial charge in [0.1, 0.15) is 6.54 Å². The highest BCUT2D eigenvalue weighted by Crippen LogP contribution is 2.37. The molecule has 2 aromatic carbocycles. The molecule has 0 atom stereocenters. The average molecular weight is 361 g/mol. The van der Waals surface area contributed by atoms with E-state index in [4.69, 9.17) is 0 Å². The summed E-state index contributed by atoms with van der Waals surface area (Å²) in [5, 5.41) is 0. The van der Waals surface area contributed by atoms with Crippen LogP contribution in [0.2, 0.25) is 0 Å². The third-order valence-corrected chi connectivity index (χ3v) is 4.41. The maximum Gasteiger partial charge on any atom is 0.406 e. The van der Waals surface area contributed by atoms with Gasteiger partial charge >= 0.3 is 6.18 Å². The minimum atomic E-state index is -4.47. The van der Waals surface area contributed by atoms with Gasteiger partial charge in [-0.3, -0.25) is 9.59 Å². The van der Waals surface area contributed by atoms with Crippen LogP contribution in [0.1, 0.15) is 46.0 Å². The van der Waals surface area contributed by atoms with Crippen LogP contribution in [-0.2, 0) is 0 Å². The van der Waals surface area contributed by atoms with Crippen molar-refractivity contribution in [1.82, 2.24) is 4.90 Å². The van der Waals surface area contributed by atoms with Crippen molar-refractivity contribution >= 4 is 11.7 Å². The molecule has 1 amide bonds. The number of alkyl halides is 3. The molecule has 0 aromatic heterocycles. The van der Waals surface area contributed by atoms with Gasteiger partial charge in [0.25, 0.3) is 5.91 Å². The van der Waals surface area contributed by atoms with Gasteiger partial charge in [0.05, 0.1) is 0 Å². The van der Waals surface area contributed by atoms with Crippen molar-refractivity contribution < 1.29 is 22.8 Å². The lowest BCUT2D eigenvalue weighted by Gasteiger charge is -2.24. The maximum absolute atomic E-state index is 12.8.